The summed E-state index contributed by atoms with van der Waals surface area (Å²) in [5.41, 5.74) is 12.8. The highest BCUT2D eigenvalue weighted by atomic mass is 16.1. The van der Waals surface area contributed by atoms with Crippen molar-refractivity contribution in [3.63, 3.8) is 0 Å². The maximum Gasteiger partial charge on any atom is 0.270 e. The van der Waals surface area contributed by atoms with Crippen LogP contribution in [0.2, 0.25) is 0 Å². The lowest BCUT2D eigenvalue weighted by molar-refractivity contribution is 0.0995. The van der Waals surface area contributed by atoms with Gasteiger partial charge in [-0.25, -0.2) is 4.68 Å². The zero-order valence-corrected chi connectivity index (χ0v) is 9.37. The quantitative estimate of drug-likeness (QED) is 0.797. The van der Waals surface area contributed by atoms with Crippen LogP contribution >= 0.6 is 0 Å². The summed E-state index contributed by atoms with van der Waals surface area (Å²) in [4.78, 5) is 10.9. The van der Waals surface area contributed by atoms with Gasteiger partial charge in [-0.1, -0.05) is 17.3 Å². The van der Waals surface area contributed by atoms with Crippen LogP contribution in [0.25, 0.3) is 5.69 Å². The van der Waals surface area contributed by atoms with Gasteiger partial charge in [-0.2, -0.15) is 0 Å². The number of primary amides is 1. The monoisotopic (exact) mass is 231 g/mol. The third-order valence-electron chi connectivity index (χ3n) is 2.43. The maximum absolute atomic E-state index is 10.9. The topological polar surface area (TPSA) is 99.8 Å². The van der Waals surface area contributed by atoms with Crippen molar-refractivity contribution in [2.45, 2.75) is 13.0 Å². The van der Waals surface area contributed by atoms with Gasteiger partial charge in [0.15, 0.2) is 5.69 Å². The van der Waals surface area contributed by atoms with E-state index in [-0.39, 0.29) is 11.7 Å². The predicted molar refractivity (Wildman–Crippen MR) is 62.5 cm³/mol. The van der Waals surface area contributed by atoms with E-state index in [0.717, 1.165) is 11.3 Å². The van der Waals surface area contributed by atoms with E-state index in [0.29, 0.717) is 0 Å². The molecule has 6 nitrogen and oxygen atoms in total. The average molecular weight is 231 g/mol. The first-order valence-electron chi connectivity index (χ1n) is 5.16. The summed E-state index contributed by atoms with van der Waals surface area (Å²) in [6.45, 7) is 1.91. The van der Waals surface area contributed by atoms with Gasteiger partial charge in [0.05, 0.1) is 11.9 Å². The van der Waals surface area contributed by atoms with E-state index in [9.17, 15) is 4.79 Å². The Morgan fingerprint density at radius 3 is 2.47 bits per heavy atom. The van der Waals surface area contributed by atoms with Crippen molar-refractivity contribution in [2.75, 3.05) is 0 Å². The molecule has 0 aliphatic heterocycles. The van der Waals surface area contributed by atoms with Crippen LogP contribution < -0.4 is 11.5 Å². The van der Waals surface area contributed by atoms with Crippen LogP contribution in [0, 0.1) is 0 Å². The predicted octanol–water partition coefficient (Wildman–Crippen LogP) is 0.386. The summed E-state index contributed by atoms with van der Waals surface area (Å²) in [5, 5.41) is 7.48. The van der Waals surface area contributed by atoms with Crippen LogP contribution in [0.15, 0.2) is 30.5 Å². The first-order chi connectivity index (χ1) is 8.08. The molecule has 0 spiro atoms. The Bertz CT molecular complexity index is 529. The lowest BCUT2D eigenvalue weighted by Crippen LogP contribution is -2.11. The summed E-state index contributed by atoms with van der Waals surface area (Å²) in [7, 11) is 0. The molecule has 0 aliphatic carbocycles. The number of amides is 1. The lowest BCUT2D eigenvalue weighted by Gasteiger charge is -2.06. The minimum atomic E-state index is -0.594. The minimum absolute atomic E-state index is 0.0130. The second-order valence-electron chi connectivity index (χ2n) is 3.79. The van der Waals surface area contributed by atoms with E-state index in [1.165, 1.54) is 10.9 Å². The van der Waals surface area contributed by atoms with Gasteiger partial charge in [0, 0.05) is 6.04 Å². The summed E-state index contributed by atoms with van der Waals surface area (Å²) >= 11 is 0. The number of nitrogens with two attached hydrogens (primary N) is 2. The first kappa shape index (κ1) is 11.3. The molecule has 0 saturated heterocycles. The Morgan fingerprint density at radius 1 is 1.35 bits per heavy atom. The molecule has 1 aromatic carbocycles. The van der Waals surface area contributed by atoms with Crippen molar-refractivity contribution in [3.8, 4) is 5.69 Å². The summed E-state index contributed by atoms with van der Waals surface area (Å²) in [6, 6.07) is 7.52. The molecule has 1 aromatic heterocycles. The van der Waals surface area contributed by atoms with Gasteiger partial charge in [0.2, 0.25) is 0 Å². The normalized spacial score (nSPS) is 12.4. The number of aromatic nitrogens is 3. The highest BCUT2D eigenvalue weighted by molar-refractivity contribution is 5.90. The molecule has 2 rings (SSSR count). The minimum Gasteiger partial charge on any atom is -0.364 e. The number of hydrogen-bond acceptors (Lipinski definition) is 4. The SMILES string of the molecule is CC(N)c1ccc(-n2cc(C(N)=O)nn2)cc1. The molecule has 6 heteroatoms. The summed E-state index contributed by atoms with van der Waals surface area (Å²) < 4.78 is 1.49. The second kappa shape index (κ2) is 4.34. The molecule has 0 radical (unpaired) electrons. The van der Waals surface area contributed by atoms with Gasteiger partial charge in [0.1, 0.15) is 0 Å². The average Bonchev–Trinajstić information content (AvgIpc) is 2.78. The molecule has 4 N–H and O–H groups in total. The molecule has 2 aromatic rings. The summed E-state index contributed by atoms with van der Waals surface area (Å²) in [6.07, 6.45) is 1.49. The highest BCUT2D eigenvalue weighted by Gasteiger charge is 2.07. The standard InChI is InChI=1S/C11H13N5O/c1-7(12)8-2-4-9(5-3-8)16-6-10(11(13)17)14-15-16/h2-7H,12H2,1H3,(H2,13,17). The molecular formula is C11H13N5O. The molecule has 17 heavy (non-hydrogen) atoms. The third-order valence-corrected chi connectivity index (χ3v) is 2.43. The second-order valence-corrected chi connectivity index (χ2v) is 3.79. The van der Waals surface area contributed by atoms with E-state index < -0.39 is 5.91 Å². The van der Waals surface area contributed by atoms with Crippen molar-refractivity contribution in [1.29, 1.82) is 0 Å². The zero-order valence-electron chi connectivity index (χ0n) is 9.37. The maximum atomic E-state index is 10.9. The molecule has 0 bridgehead atoms. The van der Waals surface area contributed by atoms with Crippen LogP contribution in [-0.4, -0.2) is 20.9 Å². The van der Waals surface area contributed by atoms with Gasteiger partial charge in [0.25, 0.3) is 5.91 Å². The number of nitrogens with zero attached hydrogens (tertiary/aromatic N) is 3. The number of carbonyl (C=O) groups excluding carboxylic acids is 1. The molecule has 1 amide bonds. The fourth-order valence-electron chi connectivity index (χ4n) is 1.43. The molecule has 1 unspecified atom stereocenters. The van der Waals surface area contributed by atoms with Gasteiger partial charge in [-0.3, -0.25) is 4.79 Å². The molecule has 0 aliphatic rings. The fraction of sp³-hybridized carbons (Fsp3) is 0.182. The molecule has 88 valence electrons. The van der Waals surface area contributed by atoms with Gasteiger partial charge < -0.3 is 11.5 Å². The van der Waals surface area contributed by atoms with Crippen LogP contribution in [0.1, 0.15) is 29.0 Å². The van der Waals surface area contributed by atoms with Crippen LogP contribution in [0.5, 0.6) is 0 Å². The molecule has 1 atom stereocenters. The lowest BCUT2D eigenvalue weighted by atomic mass is 10.1. The van der Waals surface area contributed by atoms with Crippen molar-refractivity contribution in [2.24, 2.45) is 11.5 Å². The Balaban J connectivity index is 2.30. The smallest absolute Gasteiger partial charge is 0.270 e. The van der Waals surface area contributed by atoms with Crippen molar-refractivity contribution < 1.29 is 4.79 Å². The zero-order chi connectivity index (χ0) is 12.4. The van der Waals surface area contributed by atoms with E-state index in [2.05, 4.69) is 10.3 Å². The van der Waals surface area contributed by atoms with E-state index in [4.69, 9.17) is 11.5 Å². The van der Waals surface area contributed by atoms with E-state index in [1.54, 1.807) is 0 Å². The van der Waals surface area contributed by atoms with Gasteiger partial charge in [-0.15, -0.1) is 5.10 Å². The number of rotatable bonds is 3. The fourth-order valence-corrected chi connectivity index (χ4v) is 1.43. The Hall–Kier alpha value is -2.21. The van der Waals surface area contributed by atoms with Crippen LogP contribution in [0.4, 0.5) is 0 Å². The van der Waals surface area contributed by atoms with Crippen molar-refractivity contribution in [3.05, 3.63) is 41.7 Å². The molecule has 0 fully saturated rings. The Labute approximate surface area is 98.2 Å². The molecule has 0 saturated carbocycles. The number of benzene rings is 1. The van der Waals surface area contributed by atoms with E-state index in [1.807, 2.05) is 31.2 Å². The third kappa shape index (κ3) is 2.31. The van der Waals surface area contributed by atoms with Crippen LogP contribution in [-0.2, 0) is 0 Å². The first-order valence-corrected chi connectivity index (χ1v) is 5.16. The largest absolute Gasteiger partial charge is 0.364 e. The van der Waals surface area contributed by atoms with Crippen LogP contribution in [0.3, 0.4) is 0 Å². The summed E-state index contributed by atoms with van der Waals surface area (Å²) in [5.74, 6) is -0.594. The Morgan fingerprint density at radius 2 is 2.00 bits per heavy atom. The number of carbonyl (C=O) groups is 1. The van der Waals surface area contributed by atoms with E-state index >= 15 is 0 Å². The molecule has 1 heterocycles. The van der Waals surface area contributed by atoms with Gasteiger partial charge in [-0.05, 0) is 24.6 Å². The Kier molecular flexibility index (Phi) is 2.88. The molecular weight excluding hydrogens is 218 g/mol. The van der Waals surface area contributed by atoms with Gasteiger partial charge >= 0.3 is 0 Å². The van der Waals surface area contributed by atoms with Crippen molar-refractivity contribution in [1.82, 2.24) is 15.0 Å². The van der Waals surface area contributed by atoms with Crippen molar-refractivity contribution >= 4 is 5.91 Å². The number of hydrogen-bond donors (Lipinski definition) is 2. The highest BCUT2D eigenvalue weighted by Crippen LogP contribution is 2.13.